The molecule has 38 heavy (non-hydrogen) atoms. The lowest BCUT2D eigenvalue weighted by Crippen LogP contribution is -2.50. The summed E-state index contributed by atoms with van der Waals surface area (Å²) >= 11 is 0. The van der Waals surface area contributed by atoms with Gasteiger partial charge in [0.25, 0.3) is 5.91 Å². The molecule has 2 amide bonds. The highest BCUT2D eigenvalue weighted by atomic mass is 19.4. The van der Waals surface area contributed by atoms with Crippen molar-refractivity contribution >= 4 is 11.8 Å². The fourth-order valence-electron chi connectivity index (χ4n) is 4.54. The van der Waals surface area contributed by atoms with Crippen LogP contribution in [0.1, 0.15) is 51.1 Å². The van der Waals surface area contributed by atoms with Crippen LogP contribution in [0.15, 0.2) is 53.1 Å². The molecule has 7 nitrogen and oxygen atoms in total. The normalized spacial score (nSPS) is 14.3. The number of aryl methyl sites for hydroxylation is 2. The number of benzene rings is 2. The van der Waals surface area contributed by atoms with Crippen molar-refractivity contribution in [3.05, 3.63) is 88.1 Å². The Morgan fingerprint density at radius 2 is 1.68 bits per heavy atom. The van der Waals surface area contributed by atoms with E-state index in [4.69, 9.17) is 4.42 Å². The van der Waals surface area contributed by atoms with Gasteiger partial charge < -0.3 is 14.2 Å². The van der Waals surface area contributed by atoms with Crippen molar-refractivity contribution in [3.63, 3.8) is 0 Å². The van der Waals surface area contributed by atoms with Gasteiger partial charge in [-0.15, -0.1) is 0 Å². The Labute approximate surface area is 219 Å². The number of carbonyl (C=O) groups excluding carboxylic acids is 2. The zero-order chi connectivity index (χ0) is 27.4. The van der Waals surface area contributed by atoms with E-state index in [9.17, 15) is 22.8 Å². The Morgan fingerprint density at radius 3 is 2.37 bits per heavy atom. The van der Waals surface area contributed by atoms with E-state index >= 15 is 0 Å². The number of aromatic nitrogens is 1. The summed E-state index contributed by atoms with van der Waals surface area (Å²) in [5.74, 6) is 0.000641. The summed E-state index contributed by atoms with van der Waals surface area (Å²) in [6.45, 7) is 8.13. The Kier molecular flexibility index (Phi) is 8.20. The maximum Gasteiger partial charge on any atom is 0.416 e. The lowest BCUT2D eigenvalue weighted by molar-refractivity contribution is -0.137. The summed E-state index contributed by atoms with van der Waals surface area (Å²) in [6.07, 6.45) is -3.11. The SMILES string of the molecule is CC(=O)N1CCN(C(=O)c2coc(CN(Cc3cccc(C(F)(F)F)c3)Cc3cc(C)ccc3C)n2)CC1. The Bertz CT molecular complexity index is 1300. The summed E-state index contributed by atoms with van der Waals surface area (Å²) < 4.78 is 45.5. The number of piperazine rings is 1. The molecular formula is C28H31F3N4O3. The lowest BCUT2D eigenvalue weighted by Gasteiger charge is -2.33. The first-order valence-corrected chi connectivity index (χ1v) is 12.4. The van der Waals surface area contributed by atoms with Gasteiger partial charge in [-0.2, -0.15) is 13.2 Å². The molecule has 1 aromatic heterocycles. The monoisotopic (exact) mass is 528 g/mol. The molecule has 0 atom stereocenters. The molecule has 1 aliphatic heterocycles. The Hall–Kier alpha value is -3.66. The van der Waals surface area contributed by atoms with Crippen LogP contribution in [0.2, 0.25) is 0 Å². The number of hydrogen-bond donors (Lipinski definition) is 0. The second-order valence-corrected chi connectivity index (χ2v) is 9.70. The van der Waals surface area contributed by atoms with Crippen LogP contribution in [0.25, 0.3) is 0 Å². The van der Waals surface area contributed by atoms with Gasteiger partial charge in [0, 0.05) is 46.2 Å². The first kappa shape index (κ1) is 27.4. The molecule has 1 fully saturated rings. The maximum absolute atomic E-state index is 13.3. The van der Waals surface area contributed by atoms with E-state index in [-0.39, 0.29) is 30.6 Å². The zero-order valence-corrected chi connectivity index (χ0v) is 21.7. The van der Waals surface area contributed by atoms with Gasteiger partial charge in [0.2, 0.25) is 11.8 Å². The molecular weight excluding hydrogens is 497 g/mol. The maximum atomic E-state index is 13.3. The molecule has 2 aromatic carbocycles. The van der Waals surface area contributed by atoms with E-state index in [1.807, 2.05) is 30.9 Å². The summed E-state index contributed by atoms with van der Waals surface area (Å²) in [5, 5.41) is 0. The Morgan fingerprint density at radius 1 is 0.974 bits per heavy atom. The summed E-state index contributed by atoms with van der Waals surface area (Å²) in [5.41, 5.74) is 3.17. The van der Waals surface area contributed by atoms with Crippen molar-refractivity contribution in [2.45, 2.75) is 46.6 Å². The highest BCUT2D eigenvalue weighted by molar-refractivity contribution is 5.92. The van der Waals surface area contributed by atoms with Gasteiger partial charge in [-0.1, -0.05) is 42.0 Å². The van der Waals surface area contributed by atoms with Crippen molar-refractivity contribution in [1.82, 2.24) is 19.7 Å². The summed E-state index contributed by atoms with van der Waals surface area (Å²) in [7, 11) is 0. The van der Waals surface area contributed by atoms with E-state index in [0.29, 0.717) is 44.2 Å². The third kappa shape index (κ3) is 6.80. The number of halogens is 3. The van der Waals surface area contributed by atoms with Crippen LogP contribution in [0, 0.1) is 13.8 Å². The van der Waals surface area contributed by atoms with E-state index in [1.165, 1.54) is 19.3 Å². The number of alkyl halides is 3. The second-order valence-electron chi connectivity index (χ2n) is 9.70. The molecule has 0 spiro atoms. The fourth-order valence-corrected chi connectivity index (χ4v) is 4.54. The third-order valence-electron chi connectivity index (χ3n) is 6.70. The van der Waals surface area contributed by atoms with E-state index in [1.54, 1.807) is 15.9 Å². The third-order valence-corrected chi connectivity index (χ3v) is 6.70. The van der Waals surface area contributed by atoms with Crippen LogP contribution in [0.3, 0.4) is 0 Å². The minimum atomic E-state index is -4.43. The summed E-state index contributed by atoms with van der Waals surface area (Å²) in [4.78, 5) is 34.2. The molecule has 1 saturated heterocycles. The van der Waals surface area contributed by atoms with Crippen LogP contribution >= 0.6 is 0 Å². The molecule has 1 aliphatic rings. The van der Waals surface area contributed by atoms with E-state index in [0.717, 1.165) is 28.8 Å². The fraction of sp³-hybridized carbons (Fsp3) is 0.393. The standard InChI is InChI=1S/C28H31F3N4O3/c1-19-7-8-20(2)23(13-19)16-33(15-22-5-4-6-24(14-22)28(29,30)31)17-26-32-25(18-38-26)27(37)35-11-9-34(10-12-35)21(3)36/h4-8,13-14,18H,9-12,15-17H2,1-3H3. The van der Waals surface area contributed by atoms with E-state index in [2.05, 4.69) is 11.1 Å². The van der Waals surface area contributed by atoms with Crippen LogP contribution in [-0.2, 0) is 30.6 Å². The quantitative estimate of drug-likeness (QED) is 0.440. The van der Waals surface area contributed by atoms with Crippen LogP contribution < -0.4 is 0 Å². The highest BCUT2D eigenvalue weighted by Gasteiger charge is 2.30. The molecule has 0 radical (unpaired) electrons. The van der Waals surface area contributed by atoms with Crippen molar-refractivity contribution in [3.8, 4) is 0 Å². The second kappa shape index (κ2) is 11.4. The van der Waals surface area contributed by atoms with Gasteiger partial charge >= 0.3 is 6.18 Å². The molecule has 3 aromatic rings. The van der Waals surface area contributed by atoms with Crippen LogP contribution in [0.4, 0.5) is 13.2 Å². The van der Waals surface area contributed by atoms with E-state index < -0.39 is 11.7 Å². The smallest absolute Gasteiger partial charge is 0.416 e. The van der Waals surface area contributed by atoms with Crippen molar-refractivity contribution in [2.75, 3.05) is 26.2 Å². The number of nitrogens with zero attached hydrogens (tertiary/aromatic N) is 4. The molecule has 0 bridgehead atoms. The molecule has 202 valence electrons. The predicted octanol–water partition coefficient (Wildman–Crippen LogP) is 4.82. The molecule has 10 heteroatoms. The van der Waals surface area contributed by atoms with Gasteiger partial charge in [-0.25, -0.2) is 4.98 Å². The molecule has 0 saturated carbocycles. The van der Waals surface area contributed by atoms with Gasteiger partial charge in [0.05, 0.1) is 12.1 Å². The first-order chi connectivity index (χ1) is 18.0. The van der Waals surface area contributed by atoms with Crippen molar-refractivity contribution in [1.29, 1.82) is 0 Å². The molecule has 0 aliphatic carbocycles. The number of hydrogen-bond acceptors (Lipinski definition) is 5. The molecule has 4 rings (SSSR count). The number of oxazole rings is 1. The predicted molar refractivity (Wildman–Crippen MR) is 135 cm³/mol. The van der Waals surface area contributed by atoms with Crippen molar-refractivity contribution in [2.24, 2.45) is 0 Å². The number of carbonyl (C=O) groups is 2. The number of amides is 2. The van der Waals surface area contributed by atoms with Gasteiger partial charge in [-0.3, -0.25) is 14.5 Å². The number of rotatable bonds is 7. The molecule has 0 N–H and O–H groups in total. The Balaban J connectivity index is 1.52. The molecule has 2 heterocycles. The average molecular weight is 529 g/mol. The summed E-state index contributed by atoms with van der Waals surface area (Å²) in [6, 6.07) is 11.4. The minimum Gasteiger partial charge on any atom is -0.447 e. The largest absolute Gasteiger partial charge is 0.447 e. The van der Waals surface area contributed by atoms with Crippen LogP contribution in [0.5, 0.6) is 0 Å². The van der Waals surface area contributed by atoms with Gasteiger partial charge in [-0.05, 0) is 36.6 Å². The first-order valence-electron chi connectivity index (χ1n) is 12.4. The topological polar surface area (TPSA) is 69.9 Å². The minimum absolute atomic E-state index is 0.0227. The van der Waals surface area contributed by atoms with Crippen LogP contribution in [-0.4, -0.2) is 57.7 Å². The van der Waals surface area contributed by atoms with Gasteiger partial charge in [0.1, 0.15) is 6.26 Å². The van der Waals surface area contributed by atoms with Crippen molar-refractivity contribution < 1.29 is 27.2 Å². The lowest BCUT2D eigenvalue weighted by atomic mass is 10.0. The average Bonchev–Trinajstić information content (AvgIpc) is 3.34. The van der Waals surface area contributed by atoms with Gasteiger partial charge in [0.15, 0.2) is 5.69 Å². The zero-order valence-electron chi connectivity index (χ0n) is 21.7. The molecule has 0 unspecified atom stereocenters. The highest BCUT2D eigenvalue weighted by Crippen LogP contribution is 2.30.